The molecule has 1 heterocycles. The van der Waals surface area contributed by atoms with E-state index in [4.69, 9.17) is 5.11 Å². The van der Waals surface area contributed by atoms with Gasteiger partial charge in [0, 0.05) is 19.3 Å². The first-order valence-corrected chi connectivity index (χ1v) is 4.98. The van der Waals surface area contributed by atoms with Gasteiger partial charge in [0.25, 0.3) is 0 Å². The summed E-state index contributed by atoms with van der Waals surface area (Å²) >= 11 is 0. The van der Waals surface area contributed by atoms with E-state index < -0.39 is 0 Å². The molecule has 2 atom stereocenters. The highest BCUT2D eigenvalue weighted by atomic mass is 16.3. The van der Waals surface area contributed by atoms with E-state index in [2.05, 4.69) is 18.2 Å². The number of hydrogen-bond donors (Lipinski definition) is 1. The predicted molar refractivity (Wildman–Crippen MR) is 50.5 cm³/mol. The fraction of sp³-hybridized carbons (Fsp3) is 0.700. The van der Waals surface area contributed by atoms with Gasteiger partial charge in [0.05, 0.1) is 6.20 Å². The van der Waals surface area contributed by atoms with E-state index in [0.29, 0.717) is 18.4 Å². The Morgan fingerprint density at radius 1 is 1.69 bits per heavy atom. The van der Waals surface area contributed by atoms with Gasteiger partial charge in [-0.3, -0.25) is 4.68 Å². The minimum absolute atomic E-state index is 0.323. The summed E-state index contributed by atoms with van der Waals surface area (Å²) in [7, 11) is 0. The molecule has 1 N–H and O–H groups in total. The Morgan fingerprint density at radius 3 is 3.15 bits per heavy atom. The van der Waals surface area contributed by atoms with Crippen LogP contribution in [-0.4, -0.2) is 21.5 Å². The molecule has 72 valence electrons. The lowest BCUT2D eigenvalue weighted by Gasteiger charge is -1.95. The van der Waals surface area contributed by atoms with Crippen molar-refractivity contribution in [2.45, 2.75) is 32.2 Å². The Balaban J connectivity index is 1.98. The molecule has 1 aliphatic rings. The van der Waals surface area contributed by atoms with E-state index in [0.717, 1.165) is 19.4 Å². The number of hydrogen-bond acceptors (Lipinski definition) is 2. The second-order valence-electron chi connectivity index (χ2n) is 3.82. The monoisotopic (exact) mass is 180 g/mol. The van der Waals surface area contributed by atoms with Crippen molar-refractivity contribution in [2.75, 3.05) is 6.61 Å². The fourth-order valence-corrected chi connectivity index (χ4v) is 1.78. The maximum absolute atomic E-state index is 8.92. The zero-order valence-electron chi connectivity index (χ0n) is 7.98. The summed E-state index contributed by atoms with van der Waals surface area (Å²) in [6.07, 6.45) is 6.31. The lowest BCUT2D eigenvalue weighted by atomic mass is 10.2. The van der Waals surface area contributed by atoms with Crippen LogP contribution in [0.4, 0.5) is 0 Å². The lowest BCUT2D eigenvalue weighted by Crippen LogP contribution is -1.95. The second kappa shape index (κ2) is 3.50. The van der Waals surface area contributed by atoms with Crippen molar-refractivity contribution in [1.82, 2.24) is 9.78 Å². The first kappa shape index (κ1) is 8.75. The Kier molecular flexibility index (Phi) is 2.36. The SMILES string of the molecule is CCCn1cc(C2CC2CO)cn1. The minimum Gasteiger partial charge on any atom is -0.396 e. The zero-order valence-corrected chi connectivity index (χ0v) is 7.98. The van der Waals surface area contributed by atoms with Gasteiger partial charge in [0.2, 0.25) is 0 Å². The van der Waals surface area contributed by atoms with E-state index in [-0.39, 0.29) is 0 Å². The molecule has 2 rings (SSSR count). The van der Waals surface area contributed by atoms with E-state index in [1.54, 1.807) is 0 Å². The fourth-order valence-electron chi connectivity index (χ4n) is 1.78. The van der Waals surface area contributed by atoms with Gasteiger partial charge in [-0.05, 0) is 30.2 Å². The first-order chi connectivity index (χ1) is 6.35. The Labute approximate surface area is 78.4 Å². The highest BCUT2D eigenvalue weighted by molar-refractivity contribution is 5.20. The number of aryl methyl sites for hydroxylation is 1. The summed E-state index contributed by atoms with van der Waals surface area (Å²) in [6, 6.07) is 0. The van der Waals surface area contributed by atoms with E-state index >= 15 is 0 Å². The third-order valence-corrected chi connectivity index (χ3v) is 2.69. The third kappa shape index (κ3) is 1.75. The van der Waals surface area contributed by atoms with Crippen LogP contribution in [0.1, 0.15) is 31.2 Å². The van der Waals surface area contributed by atoms with Crippen LogP contribution >= 0.6 is 0 Å². The van der Waals surface area contributed by atoms with Gasteiger partial charge >= 0.3 is 0 Å². The Bertz CT molecular complexity index is 282. The van der Waals surface area contributed by atoms with Crippen LogP contribution in [0.2, 0.25) is 0 Å². The topological polar surface area (TPSA) is 38.0 Å². The molecule has 0 spiro atoms. The summed E-state index contributed by atoms with van der Waals surface area (Å²) in [5.41, 5.74) is 1.30. The van der Waals surface area contributed by atoms with Crippen LogP contribution in [0, 0.1) is 5.92 Å². The van der Waals surface area contributed by atoms with Crippen LogP contribution in [0.5, 0.6) is 0 Å². The first-order valence-electron chi connectivity index (χ1n) is 4.98. The maximum Gasteiger partial charge on any atom is 0.0524 e. The van der Waals surface area contributed by atoms with Crippen LogP contribution in [0.25, 0.3) is 0 Å². The van der Waals surface area contributed by atoms with Crippen molar-refractivity contribution in [3.63, 3.8) is 0 Å². The second-order valence-corrected chi connectivity index (χ2v) is 3.82. The van der Waals surface area contributed by atoms with Crippen LogP contribution in [-0.2, 0) is 6.54 Å². The standard InChI is InChI=1S/C10H16N2O/c1-2-3-12-6-9(5-11-12)10-4-8(10)7-13/h5-6,8,10,13H,2-4,7H2,1H3. The molecular formula is C10H16N2O. The van der Waals surface area contributed by atoms with Crippen LogP contribution < -0.4 is 0 Å². The molecule has 1 aromatic heterocycles. The minimum atomic E-state index is 0.323. The number of nitrogens with zero attached hydrogens (tertiary/aromatic N) is 2. The summed E-state index contributed by atoms with van der Waals surface area (Å²) in [5, 5.41) is 13.2. The van der Waals surface area contributed by atoms with Crippen molar-refractivity contribution < 1.29 is 5.11 Å². The molecule has 0 saturated heterocycles. The van der Waals surface area contributed by atoms with Crippen molar-refractivity contribution in [3.05, 3.63) is 18.0 Å². The molecule has 0 radical (unpaired) electrons. The molecule has 0 bridgehead atoms. The van der Waals surface area contributed by atoms with Gasteiger partial charge in [0.15, 0.2) is 0 Å². The summed E-state index contributed by atoms with van der Waals surface area (Å²) < 4.78 is 1.99. The molecule has 1 aliphatic carbocycles. The maximum atomic E-state index is 8.92. The van der Waals surface area contributed by atoms with Gasteiger partial charge in [-0.1, -0.05) is 6.92 Å². The van der Waals surface area contributed by atoms with Gasteiger partial charge in [-0.25, -0.2) is 0 Å². The largest absolute Gasteiger partial charge is 0.396 e. The van der Waals surface area contributed by atoms with Gasteiger partial charge in [-0.2, -0.15) is 5.10 Å². The smallest absolute Gasteiger partial charge is 0.0524 e. The van der Waals surface area contributed by atoms with Crippen molar-refractivity contribution >= 4 is 0 Å². The quantitative estimate of drug-likeness (QED) is 0.760. The summed E-state index contributed by atoms with van der Waals surface area (Å²) in [6.45, 7) is 3.47. The average molecular weight is 180 g/mol. The highest BCUT2D eigenvalue weighted by Crippen LogP contribution is 2.46. The lowest BCUT2D eigenvalue weighted by molar-refractivity contribution is 0.274. The number of rotatable bonds is 4. The normalized spacial score (nSPS) is 26.3. The molecule has 1 aromatic rings. The Morgan fingerprint density at radius 2 is 2.54 bits per heavy atom. The number of aliphatic hydroxyl groups excluding tert-OH is 1. The third-order valence-electron chi connectivity index (χ3n) is 2.69. The Hall–Kier alpha value is -0.830. The zero-order chi connectivity index (χ0) is 9.26. The van der Waals surface area contributed by atoms with Crippen molar-refractivity contribution in [2.24, 2.45) is 5.92 Å². The average Bonchev–Trinajstić information content (AvgIpc) is 2.80. The molecular weight excluding hydrogens is 164 g/mol. The van der Waals surface area contributed by atoms with Crippen molar-refractivity contribution in [3.8, 4) is 0 Å². The molecule has 0 amide bonds. The van der Waals surface area contributed by atoms with Gasteiger partial charge < -0.3 is 5.11 Å². The van der Waals surface area contributed by atoms with Gasteiger partial charge in [0.1, 0.15) is 0 Å². The number of aliphatic hydroxyl groups is 1. The highest BCUT2D eigenvalue weighted by Gasteiger charge is 2.38. The predicted octanol–water partition coefficient (Wildman–Crippen LogP) is 1.39. The van der Waals surface area contributed by atoms with Crippen LogP contribution in [0.15, 0.2) is 12.4 Å². The molecule has 2 unspecified atom stereocenters. The summed E-state index contributed by atoms with van der Waals surface area (Å²) in [4.78, 5) is 0. The molecule has 3 nitrogen and oxygen atoms in total. The molecule has 0 aliphatic heterocycles. The van der Waals surface area contributed by atoms with Crippen LogP contribution in [0.3, 0.4) is 0 Å². The van der Waals surface area contributed by atoms with E-state index in [1.165, 1.54) is 5.56 Å². The molecule has 1 fully saturated rings. The van der Waals surface area contributed by atoms with Crippen molar-refractivity contribution in [1.29, 1.82) is 0 Å². The molecule has 3 heteroatoms. The van der Waals surface area contributed by atoms with E-state index in [1.807, 2.05) is 10.9 Å². The summed E-state index contributed by atoms with van der Waals surface area (Å²) in [5.74, 6) is 1.08. The van der Waals surface area contributed by atoms with Gasteiger partial charge in [-0.15, -0.1) is 0 Å². The number of aromatic nitrogens is 2. The molecule has 13 heavy (non-hydrogen) atoms. The molecule has 1 saturated carbocycles. The van der Waals surface area contributed by atoms with E-state index in [9.17, 15) is 0 Å². The molecule has 0 aromatic carbocycles.